The standard InChI is InChI=1S/C34H27F3N4O3/c1-20-2-3-24(26(36)14-20)18-44-32-25(35)7-9-28(40-32)22-5-4-21(27(37)15-22)17-31-39-29-8-6-23(33(42)43)16-30(29)41(31)19-34(10-11-34)12-13-38/h2-9,14-16H,10-12,17-19H2,1H3,(H,42,43). The molecule has 0 saturated heterocycles. The number of carboxylic acid groups (broad SMARTS) is 1. The summed E-state index contributed by atoms with van der Waals surface area (Å²) in [5.41, 5.74) is 3.13. The van der Waals surface area contributed by atoms with E-state index in [1.54, 1.807) is 43.3 Å². The lowest BCUT2D eigenvalue weighted by atomic mass is 10.0. The van der Waals surface area contributed by atoms with Crippen molar-refractivity contribution in [2.45, 2.75) is 45.8 Å². The number of nitriles is 1. The molecule has 10 heteroatoms. The molecule has 7 nitrogen and oxygen atoms in total. The monoisotopic (exact) mass is 596 g/mol. The van der Waals surface area contributed by atoms with Gasteiger partial charge in [0.05, 0.1) is 28.4 Å². The van der Waals surface area contributed by atoms with E-state index in [1.165, 1.54) is 24.3 Å². The number of nitrogens with zero attached hydrogens (tertiary/aromatic N) is 4. The summed E-state index contributed by atoms with van der Waals surface area (Å²) in [5.74, 6) is -2.56. The number of ether oxygens (including phenoxy) is 1. The zero-order chi connectivity index (χ0) is 31.0. The smallest absolute Gasteiger partial charge is 0.335 e. The van der Waals surface area contributed by atoms with Gasteiger partial charge in [0, 0.05) is 35.9 Å². The van der Waals surface area contributed by atoms with Gasteiger partial charge in [-0.1, -0.05) is 24.3 Å². The Balaban J connectivity index is 1.27. The van der Waals surface area contributed by atoms with E-state index in [2.05, 4.69) is 11.1 Å². The van der Waals surface area contributed by atoms with Gasteiger partial charge in [0.15, 0.2) is 5.82 Å². The van der Waals surface area contributed by atoms with Crippen LogP contribution in [0.2, 0.25) is 0 Å². The molecule has 1 N–H and O–H groups in total. The molecule has 2 aromatic heterocycles. The number of carboxylic acids is 1. The number of hydrogen-bond donors (Lipinski definition) is 1. The van der Waals surface area contributed by atoms with Gasteiger partial charge in [-0.2, -0.15) is 5.26 Å². The van der Waals surface area contributed by atoms with Gasteiger partial charge < -0.3 is 14.4 Å². The number of imidazole rings is 1. The molecule has 0 unspecified atom stereocenters. The van der Waals surface area contributed by atoms with Crippen LogP contribution in [-0.2, 0) is 19.6 Å². The Bertz CT molecular complexity index is 1960. The predicted octanol–water partition coefficient (Wildman–Crippen LogP) is 7.39. The van der Waals surface area contributed by atoms with E-state index in [1.807, 2.05) is 4.57 Å². The highest BCUT2D eigenvalue weighted by molar-refractivity contribution is 5.92. The van der Waals surface area contributed by atoms with Crippen molar-refractivity contribution in [2.24, 2.45) is 5.41 Å². The lowest BCUT2D eigenvalue weighted by Crippen LogP contribution is -2.14. The number of rotatable bonds is 10. The summed E-state index contributed by atoms with van der Waals surface area (Å²) in [7, 11) is 0. The van der Waals surface area contributed by atoms with Crippen molar-refractivity contribution in [1.29, 1.82) is 5.26 Å². The zero-order valence-corrected chi connectivity index (χ0v) is 23.8. The summed E-state index contributed by atoms with van der Waals surface area (Å²) >= 11 is 0. The highest BCUT2D eigenvalue weighted by Gasteiger charge is 2.43. The number of benzene rings is 3. The zero-order valence-electron chi connectivity index (χ0n) is 23.8. The first-order valence-corrected chi connectivity index (χ1v) is 14.1. The molecule has 222 valence electrons. The minimum Gasteiger partial charge on any atom is -0.478 e. The van der Waals surface area contributed by atoms with Crippen LogP contribution in [0.3, 0.4) is 0 Å². The molecule has 1 fully saturated rings. The maximum atomic E-state index is 15.5. The fraction of sp³-hybridized carbons (Fsp3) is 0.235. The summed E-state index contributed by atoms with van der Waals surface area (Å²) in [4.78, 5) is 20.6. The van der Waals surface area contributed by atoms with Gasteiger partial charge in [0.25, 0.3) is 5.88 Å². The lowest BCUT2D eigenvalue weighted by molar-refractivity contribution is 0.0697. The molecule has 2 heterocycles. The Morgan fingerprint density at radius 3 is 2.45 bits per heavy atom. The predicted molar refractivity (Wildman–Crippen MR) is 156 cm³/mol. The molecule has 3 aromatic carbocycles. The van der Waals surface area contributed by atoms with Gasteiger partial charge >= 0.3 is 5.97 Å². The Kier molecular flexibility index (Phi) is 7.55. The Morgan fingerprint density at radius 2 is 1.75 bits per heavy atom. The van der Waals surface area contributed by atoms with Crippen molar-refractivity contribution in [3.8, 4) is 23.2 Å². The van der Waals surface area contributed by atoms with Crippen molar-refractivity contribution in [1.82, 2.24) is 14.5 Å². The van der Waals surface area contributed by atoms with Crippen molar-refractivity contribution in [2.75, 3.05) is 0 Å². The molecule has 1 aliphatic carbocycles. The minimum absolute atomic E-state index is 0.116. The van der Waals surface area contributed by atoms with E-state index in [0.29, 0.717) is 41.0 Å². The van der Waals surface area contributed by atoms with Gasteiger partial charge in [-0.3, -0.25) is 0 Å². The van der Waals surface area contributed by atoms with Crippen LogP contribution in [0.1, 0.15) is 52.1 Å². The van der Waals surface area contributed by atoms with Crippen LogP contribution in [0.5, 0.6) is 5.88 Å². The normalized spacial score (nSPS) is 13.5. The highest BCUT2D eigenvalue weighted by atomic mass is 19.1. The van der Waals surface area contributed by atoms with Crippen LogP contribution in [-0.4, -0.2) is 25.6 Å². The molecule has 0 bridgehead atoms. The first kappa shape index (κ1) is 28.9. The molecule has 0 aliphatic heterocycles. The second kappa shape index (κ2) is 11.5. The van der Waals surface area contributed by atoms with E-state index in [4.69, 9.17) is 9.72 Å². The second-order valence-electron chi connectivity index (χ2n) is 11.3. The average Bonchev–Trinajstić information content (AvgIpc) is 3.67. The number of aryl methyl sites for hydroxylation is 1. The van der Waals surface area contributed by atoms with Crippen LogP contribution >= 0.6 is 0 Å². The highest BCUT2D eigenvalue weighted by Crippen LogP contribution is 2.50. The Morgan fingerprint density at radius 1 is 0.977 bits per heavy atom. The van der Waals surface area contributed by atoms with Crippen LogP contribution < -0.4 is 4.74 Å². The number of fused-ring (bicyclic) bond motifs is 1. The number of carbonyl (C=O) groups is 1. The maximum Gasteiger partial charge on any atom is 0.335 e. The summed E-state index contributed by atoms with van der Waals surface area (Å²) in [5, 5.41) is 18.9. The molecular formula is C34H27F3N4O3. The van der Waals surface area contributed by atoms with Gasteiger partial charge in [0.1, 0.15) is 24.1 Å². The van der Waals surface area contributed by atoms with Gasteiger partial charge in [-0.15, -0.1) is 0 Å². The molecule has 0 atom stereocenters. The summed E-state index contributed by atoms with van der Waals surface area (Å²) < 4.78 is 51.6. The first-order chi connectivity index (χ1) is 21.1. The average molecular weight is 597 g/mol. The molecule has 1 saturated carbocycles. The molecule has 1 aliphatic rings. The third-order valence-electron chi connectivity index (χ3n) is 8.06. The fourth-order valence-electron chi connectivity index (χ4n) is 5.31. The molecular weight excluding hydrogens is 569 g/mol. The number of hydrogen-bond acceptors (Lipinski definition) is 5. The fourth-order valence-corrected chi connectivity index (χ4v) is 5.31. The van der Waals surface area contributed by atoms with E-state index >= 15 is 4.39 Å². The van der Waals surface area contributed by atoms with E-state index < -0.39 is 23.4 Å². The third kappa shape index (κ3) is 5.86. The number of aromatic carboxylic acids is 1. The van der Waals surface area contributed by atoms with Crippen molar-refractivity contribution in [3.63, 3.8) is 0 Å². The quantitative estimate of drug-likeness (QED) is 0.181. The lowest BCUT2D eigenvalue weighted by Gasteiger charge is -2.16. The second-order valence-corrected chi connectivity index (χ2v) is 11.3. The van der Waals surface area contributed by atoms with Gasteiger partial charge in [-0.05, 0) is 73.4 Å². The maximum absolute atomic E-state index is 15.5. The van der Waals surface area contributed by atoms with Crippen molar-refractivity contribution >= 4 is 17.0 Å². The molecule has 5 aromatic rings. The van der Waals surface area contributed by atoms with Crippen LogP contribution in [0.25, 0.3) is 22.3 Å². The summed E-state index contributed by atoms with van der Waals surface area (Å²) in [6.07, 6.45) is 2.23. The Labute approximate surface area is 251 Å². The largest absolute Gasteiger partial charge is 0.478 e. The van der Waals surface area contributed by atoms with Crippen molar-refractivity contribution < 1.29 is 27.8 Å². The third-order valence-corrected chi connectivity index (χ3v) is 8.06. The molecule has 0 radical (unpaired) electrons. The first-order valence-electron chi connectivity index (χ1n) is 14.1. The molecule has 0 amide bonds. The van der Waals surface area contributed by atoms with E-state index in [0.717, 1.165) is 24.5 Å². The summed E-state index contributed by atoms with van der Waals surface area (Å²) in [6, 6.07) is 18.7. The molecule has 44 heavy (non-hydrogen) atoms. The minimum atomic E-state index is -1.06. The Hall–Kier alpha value is -5.17. The van der Waals surface area contributed by atoms with Gasteiger partial charge in [0.2, 0.25) is 0 Å². The molecule has 0 spiro atoms. The number of aromatic nitrogens is 3. The van der Waals surface area contributed by atoms with E-state index in [-0.39, 0.29) is 41.1 Å². The number of halogens is 3. The van der Waals surface area contributed by atoms with Crippen LogP contribution in [0.15, 0.2) is 66.7 Å². The molecule has 6 rings (SSSR count). The van der Waals surface area contributed by atoms with E-state index in [9.17, 15) is 23.9 Å². The topological polar surface area (TPSA) is 101 Å². The van der Waals surface area contributed by atoms with Crippen LogP contribution in [0.4, 0.5) is 13.2 Å². The van der Waals surface area contributed by atoms with Crippen molar-refractivity contribution in [3.05, 3.63) is 112 Å². The summed E-state index contributed by atoms with van der Waals surface area (Å²) in [6.45, 7) is 2.01. The number of pyridine rings is 1. The SMILES string of the molecule is Cc1ccc(COc2nc(-c3ccc(Cc4nc5ccc(C(=O)O)cc5n4CC4(CC#N)CC4)c(F)c3)ccc2F)c(F)c1. The van der Waals surface area contributed by atoms with Crippen LogP contribution in [0, 0.1) is 41.1 Å². The van der Waals surface area contributed by atoms with Gasteiger partial charge in [-0.25, -0.2) is 27.9 Å².